The number of para-hydroxylation sites is 1. The Hall–Kier alpha value is -1.26. The van der Waals surface area contributed by atoms with Gasteiger partial charge in [-0.2, -0.15) is 0 Å². The van der Waals surface area contributed by atoms with Crippen molar-refractivity contribution in [3.05, 3.63) is 23.8 Å². The summed E-state index contributed by atoms with van der Waals surface area (Å²) >= 11 is 0. The molecule has 2 fully saturated rings. The second-order valence-electron chi connectivity index (χ2n) is 8.66. The van der Waals surface area contributed by atoms with Crippen LogP contribution in [0, 0.1) is 0 Å². The molecule has 0 radical (unpaired) electrons. The topological polar surface area (TPSA) is 67.4 Å². The SMILES string of the molecule is CN=C(NCc1cccc(OC)c1OC1CCCC1)NCC(C)(C)N1CCOCC1.I. The maximum atomic E-state index is 6.34. The van der Waals surface area contributed by atoms with E-state index < -0.39 is 0 Å². The van der Waals surface area contributed by atoms with Gasteiger partial charge in [-0.3, -0.25) is 9.89 Å². The molecule has 0 bridgehead atoms. The minimum Gasteiger partial charge on any atom is -0.493 e. The molecular weight excluding hydrogens is 507 g/mol. The third-order valence-corrected chi connectivity index (χ3v) is 6.09. The maximum Gasteiger partial charge on any atom is 0.191 e. The molecule has 1 aliphatic carbocycles. The Morgan fingerprint density at radius 2 is 1.90 bits per heavy atom. The first-order valence-corrected chi connectivity index (χ1v) is 11.1. The fourth-order valence-corrected chi connectivity index (χ4v) is 4.15. The lowest BCUT2D eigenvalue weighted by atomic mass is 10.0. The average molecular weight is 546 g/mol. The standard InChI is InChI=1S/C23H38N4O3.HI/c1-23(2,27-12-14-29-15-13-27)17-26-22(24-3)25-16-18-8-7-11-20(28-4)21(18)30-19-9-5-6-10-19;/h7-8,11,19H,5-6,9-10,12-17H2,1-4H3,(H2,24,25,26);1H. The summed E-state index contributed by atoms with van der Waals surface area (Å²) in [5, 5.41) is 6.92. The van der Waals surface area contributed by atoms with E-state index >= 15 is 0 Å². The summed E-state index contributed by atoms with van der Waals surface area (Å²) in [5.74, 6) is 2.42. The first-order valence-electron chi connectivity index (χ1n) is 11.1. The zero-order valence-corrected chi connectivity index (χ0v) is 21.7. The minimum absolute atomic E-state index is 0. The number of methoxy groups -OCH3 is 1. The van der Waals surface area contributed by atoms with Crippen LogP contribution in [-0.4, -0.2) is 69.5 Å². The zero-order valence-electron chi connectivity index (χ0n) is 19.4. The van der Waals surface area contributed by atoms with E-state index in [0.29, 0.717) is 6.54 Å². The predicted octanol–water partition coefficient (Wildman–Crippen LogP) is 3.41. The van der Waals surface area contributed by atoms with Gasteiger partial charge in [-0.05, 0) is 45.6 Å². The highest BCUT2D eigenvalue weighted by atomic mass is 127. The van der Waals surface area contributed by atoms with Crippen LogP contribution in [0.4, 0.5) is 0 Å². The average Bonchev–Trinajstić information content (AvgIpc) is 3.28. The van der Waals surface area contributed by atoms with Crippen molar-refractivity contribution in [1.82, 2.24) is 15.5 Å². The second-order valence-corrected chi connectivity index (χ2v) is 8.66. The normalized spacial score (nSPS) is 18.4. The smallest absolute Gasteiger partial charge is 0.191 e. The van der Waals surface area contributed by atoms with E-state index in [9.17, 15) is 0 Å². The molecule has 1 aromatic rings. The maximum absolute atomic E-state index is 6.34. The Balaban J connectivity index is 0.00000341. The number of aliphatic imine (C=N–C) groups is 1. The molecule has 0 unspecified atom stereocenters. The van der Waals surface area contributed by atoms with Gasteiger partial charge in [0.1, 0.15) is 0 Å². The van der Waals surface area contributed by atoms with Crippen LogP contribution < -0.4 is 20.1 Å². The lowest BCUT2D eigenvalue weighted by Gasteiger charge is -2.41. The molecule has 1 aliphatic heterocycles. The van der Waals surface area contributed by atoms with Gasteiger partial charge in [-0.15, -0.1) is 24.0 Å². The lowest BCUT2D eigenvalue weighted by Crippen LogP contribution is -2.56. The van der Waals surface area contributed by atoms with E-state index in [-0.39, 0.29) is 35.6 Å². The highest BCUT2D eigenvalue weighted by Gasteiger charge is 2.28. The molecule has 1 heterocycles. The highest BCUT2D eigenvalue weighted by Crippen LogP contribution is 2.34. The highest BCUT2D eigenvalue weighted by molar-refractivity contribution is 14.0. The number of guanidine groups is 1. The Kier molecular flexibility index (Phi) is 10.6. The molecule has 7 nitrogen and oxygen atoms in total. The summed E-state index contributed by atoms with van der Waals surface area (Å²) in [4.78, 5) is 6.87. The number of nitrogens with one attached hydrogen (secondary N) is 2. The van der Waals surface area contributed by atoms with E-state index in [2.05, 4.69) is 40.4 Å². The van der Waals surface area contributed by atoms with Crippen molar-refractivity contribution in [2.45, 2.75) is 57.7 Å². The zero-order chi connectivity index (χ0) is 21.4. The van der Waals surface area contributed by atoms with Crippen LogP contribution in [0.3, 0.4) is 0 Å². The molecule has 2 N–H and O–H groups in total. The van der Waals surface area contributed by atoms with Crippen molar-refractivity contribution in [1.29, 1.82) is 0 Å². The molecule has 31 heavy (non-hydrogen) atoms. The summed E-state index contributed by atoms with van der Waals surface area (Å²) in [6.07, 6.45) is 4.99. The molecule has 0 atom stereocenters. The number of rotatable bonds is 8. The van der Waals surface area contributed by atoms with Crippen molar-refractivity contribution in [3.8, 4) is 11.5 Å². The van der Waals surface area contributed by atoms with Gasteiger partial charge in [0.05, 0.1) is 26.4 Å². The molecular formula is C23H39IN4O3. The molecule has 1 saturated carbocycles. The molecule has 3 rings (SSSR count). The molecule has 8 heteroatoms. The van der Waals surface area contributed by atoms with Crippen molar-refractivity contribution < 1.29 is 14.2 Å². The van der Waals surface area contributed by atoms with Gasteiger partial charge in [0.15, 0.2) is 17.5 Å². The van der Waals surface area contributed by atoms with Gasteiger partial charge in [-0.25, -0.2) is 0 Å². The Morgan fingerprint density at radius 3 is 2.55 bits per heavy atom. The molecule has 2 aliphatic rings. The number of hydrogen-bond donors (Lipinski definition) is 2. The Bertz CT molecular complexity index is 702. The van der Waals surface area contributed by atoms with Crippen LogP contribution in [0.2, 0.25) is 0 Å². The number of benzene rings is 1. The third kappa shape index (κ3) is 7.39. The fraction of sp³-hybridized carbons (Fsp3) is 0.696. The largest absolute Gasteiger partial charge is 0.493 e. The monoisotopic (exact) mass is 546 g/mol. The molecule has 0 spiro atoms. The van der Waals surface area contributed by atoms with Crippen LogP contribution in [-0.2, 0) is 11.3 Å². The summed E-state index contributed by atoms with van der Waals surface area (Å²) in [6, 6.07) is 6.06. The minimum atomic E-state index is 0. The number of halogens is 1. The van der Waals surface area contributed by atoms with Crippen molar-refractivity contribution in [2.75, 3.05) is 47.0 Å². The number of hydrogen-bond acceptors (Lipinski definition) is 5. The summed E-state index contributed by atoms with van der Waals surface area (Å²) < 4.78 is 17.4. The van der Waals surface area contributed by atoms with Gasteiger partial charge in [-0.1, -0.05) is 12.1 Å². The molecule has 1 aromatic carbocycles. The summed E-state index contributed by atoms with van der Waals surface area (Å²) in [5.41, 5.74) is 1.10. The fourth-order valence-electron chi connectivity index (χ4n) is 4.15. The van der Waals surface area contributed by atoms with Gasteiger partial charge < -0.3 is 24.8 Å². The Labute approximate surface area is 204 Å². The van der Waals surface area contributed by atoms with Crippen LogP contribution in [0.15, 0.2) is 23.2 Å². The molecule has 0 aromatic heterocycles. The first-order chi connectivity index (χ1) is 14.5. The molecule has 1 saturated heterocycles. The van der Waals surface area contributed by atoms with Crippen LogP contribution >= 0.6 is 24.0 Å². The van der Waals surface area contributed by atoms with Crippen LogP contribution in [0.1, 0.15) is 45.1 Å². The van der Waals surface area contributed by atoms with E-state index in [1.807, 2.05) is 12.1 Å². The van der Waals surface area contributed by atoms with Crippen LogP contribution in [0.25, 0.3) is 0 Å². The Morgan fingerprint density at radius 1 is 1.19 bits per heavy atom. The number of morpholine rings is 1. The van der Waals surface area contributed by atoms with Gasteiger partial charge in [0.25, 0.3) is 0 Å². The lowest BCUT2D eigenvalue weighted by molar-refractivity contribution is -0.00834. The van der Waals surface area contributed by atoms with E-state index in [1.54, 1.807) is 14.2 Å². The molecule has 0 amide bonds. The van der Waals surface area contributed by atoms with Crippen molar-refractivity contribution in [3.63, 3.8) is 0 Å². The summed E-state index contributed by atoms with van der Waals surface area (Å²) in [7, 11) is 3.50. The van der Waals surface area contributed by atoms with Gasteiger partial charge >= 0.3 is 0 Å². The molecule has 176 valence electrons. The van der Waals surface area contributed by atoms with E-state index in [0.717, 1.165) is 68.7 Å². The summed E-state index contributed by atoms with van der Waals surface area (Å²) in [6.45, 7) is 9.47. The van der Waals surface area contributed by atoms with Gasteiger partial charge in [0, 0.05) is 44.3 Å². The van der Waals surface area contributed by atoms with Crippen LogP contribution in [0.5, 0.6) is 11.5 Å². The first kappa shape index (κ1) is 26.0. The van der Waals surface area contributed by atoms with E-state index in [4.69, 9.17) is 14.2 Å². The van der Waals surface area contributed by atoms with Crippen molar-refractivity contribution >= 4 is 29.9 Å². The third-order valence-electron chi connectivity index (χ3n) is 6.09. The quantitative estimate of drug-likeness (QED) is 0.296. The second kappa shape index (κ2) is 12.7. The predicted molar refractivity (Wildman–Crippen MR) is 136 cm³/mol. The number of nitrogens with zero attached hydrogens (tertiary/aromatic N) is 2. The number of ether oxygens (including phenoxy) is 3. The van der Waals surface area contributed by atoms with Gasteiger partial charge in [0.2, 0.25) is 0 Å². The van der Waals surface area contributed by atoms with E-state index in [1.165, 1.54) is 12.8 Å². The van der Waals surface area contributed by atoms with Crippen molar-refractivity contribution in [2.24, 2.45) is 4.99 Å².